The SMILES string of the molecule is CCN(C)C(=O)CNC(=O)c1sc2ccc(C)cc2c1N. The minimum atomic E-state index is -0.302. The highest BCUT2D eigenvalue weighted by molar-refractivity contribution is 7.21. The number of amides is 2. The molecule has 0 spiro atoms. The van der Waals surface area contributed by atoms with Gasteiger partial charge in [0.1, 0.15) is 4.88 Å². The second-order valence-electron chi connectivity index (χ2n) is 4.94. The minimum Gasteiger partial charge on any atom is -0.397 e. The van der Waals surface area contributed by atoms with Crippen LogP contribution >= 0.6 is 11.3 Å². The van der Waals surface area contributed by atoms with Gasteiger partial charge in [0.25, 0.3) is 5.91 Å². The van der Waals surface area contributed by atoms with E-state index in [1.807, 2.05) is 32.0 Å². The third-order valence-corrected chi connectivity index (χ3v) is 4.57. The molecule has 2 rings (SSSR count). The van der Waals surface area contributed by atoms with Crippen molar-refractivity contribution in [1.29, 1.82) is 0 Å². The van der Waals surface area contributed by atoms with Gasteiger partial charge < -0.3 is 16.0 Å². The van der Waals surface area contributed by atoms with Crippen molar-refractivity contribution in [3.63, 3.8) is 0 Å². The second-order valence-corrected chi connectivity index (χ2v) is 5.99. The standard InChI is InChI=1S/C15H19N3O2S/c1-4-18(3)12(19)8-17-15(20)14-13(16)10-7-9(2)5-6-11(10)21-14/h5-7H,4,8,16H2,1-3H3,(H,17,20). The van der Waals surface area contributed by atoms with Crippen LogP contribution in [0, 0.1) is 6.92 Å². The number of nitrogens with two attached hydrogens (primary N) is 1. The predicted octanol–water partition coefficient (Wildman–Crippen LogP) is 2.00. The number of benzene rings is 1. The largest absolute Gasteiger partial charge is 0.397 e. The van der Waals surface area contributed by atoms with Crippen LogP contribution < -0.4 is 11.1 Å². The number of likely N-dealkylation sites (N-methyl/N-ethyl adjacent to an activating group) is 1. The number of nitrogen functional groups attached to an aromatic ring is 1. The number of anilines is 1. The molecule has 0 saturated carbocycles. The minimum absolute atomic E-state index is 0.0180. The fourth-order valence-electron chi connectivity index (χ4n) is 1.95. The maximum Gasteiger partial charge on any atom is 0.263 e. The van der Waals surface area contributed by atoms with E-state index in [-0.39, 0.29) is 18.4 Å². The topological polar surface area (TPSA) is 75.4 Å². The summed E-state index contributed by atoms with van der Waals surface area (Å²) < 4.78 is 0.972. The molecule has 0 aliphatic heterocycles. The van der Waals surface area contributed by atoms with E-state index in [0.717, 1.165) is 15.6 Å². The highest BCUT2D eigenvalue weighted by atomic mass is 32.1. The fourth-order valence-corrected chi connectivity index (χ4v) is 2.97. The molecule has 112 valence electrons. The molecule has 1 aromatic carbocycles. The average Bonchev–Trinajstić information content (AvgIpc) is 2.80. The van der Waals surface area contributed by atoms with Gasteiger partial charge in [-0.2, -0.15) is 0 Å². The average molecular weight is 305 g/mol. The van der Waals surface area contributed by atoms with Crippen LogP contribution in [-0.2, 0) is 4.79 Å². The first-order chi connectivity index (χ1) is 9.93. The maximum atomic E-state index is 12.2. The monoisotopic (exact) mass is 305 g/mol. The number of carbonyl (C=O) groups excluding carboxylic acids is 2. The molecule has 0 atom stereocenters. The first-order valence-corrected chi connectivity index (χ1v) is 7.56. The summed E-state index contributed by atoms with van der Waals surface area (Å²) in [4.78, 5) is 25.9. The van der Waals surface area contributed by atoms with Gasteiger partial charge in [-0.1, -0.05) is 11.6 Å². The van der Waals surface area contributed by atoms with Gasteiger partial charge in [-0.3, -0.25) is 9.59 Å². The fraction of sp³-hybridized carbons (Fsp3) is 0.333. The molecule has 0 radical (unpaired) electrons. The molecule has 5 nitrogen and oxygen atoms in total. The molecule has 0 fully saturated rings. The molecule has 21 heavy (non-hydrogen) atoms. The number of nitrogens with zero attached hydrogens (tertiary/aromatic N) is 1. The van der Waals surface area contributed by atoms with E-state index in [1.54, 1.807) is 11.9 Å². The van der Waals surface area contributed by atoms with Gasteiger partial charge in [-0.05, 0) is 26.0 Å². The van der Waals surface area contributed by atoms with Crippen LogP contribution in [0.1, 0.15) is 22.2 Å². The number of thiophene rings is 1. The van der Waals surface area contributed by atoms with E-state index in [0.29, 0.717) is 17.1 Å². The molecule has 3 N–H and O–H groups in total. The number of hydrogen-bond acceptors (Lipinski definition) is 4. The maximum absolute atomic E-state index is 12.2. The van der Waals surface area contributed by atoms with Crippen molar-refractivity contribution in [2.75, 3.05) is 25.9 Å². The van der Waals surface area contributed by atoms with Crippen LogP contribution in [0.2, 0.25) is 0 Å². The third kappa shape index (κ3) is 3.16. The molecule has 6 heteroatoms. The van der Waals surface area contributed by atoms with E-state index in [2.05, 4.69) is 5.32 Å². The zero-order valence-electron chi connectivity index (χ0n) is 12.4. The van der Waals surface area contributed by atoms with Crippen molar-refractivity contribution >= 4 is 38.9 Å². The first-order valence-electron chi connectivity index (χ1n) is 6.74. The van der Waals surface area contributed by atoms with Crippen molar-refractivity contribution in [3.8, 4) is 0 Å². The summed E-state index contributed by atoms with van der Waals surface area (Å²) in [6.45, 7) is 4.45. The Bertz CT molecular complexity index is 694. The van der Waals surface area contributed by atoms with Crippen LogP contribution in [0.3, 0.4) is 0 Å². The van der Waals surface area contributed by atoms with Crippen LogP contribution in [0.5, 0.6) is 0 Å². The van der Waals surface area contributed by atoms with Gasteiger partial charge in [0.15, 0.2) is 0 Å². The highest BCUT2D eigenvalue weighted by Gasteiger charge is 2.17. The zero-order chi connectivity index (χ0) is 15.6. The Kier molecular flexibility index (Phi) is 4.47. The van der Waals surface area contributed by atoms with Crippen molar-refractivity contribution in [3.05, 3.63) is 28.6 Å². The Balaban J connectivity index is 2.16. The molecule has 1 heterocycles. The summed E-state index contributed by atoms with van der Waals surface area (Å²) >= 11 is 1.34. The van der Waals surface area contributed by atoms with Crippen molar-refractivity contribution in [2.45, 2.75) is 13.8 Å². The summed E-state index contributed by atoms with van der Waals surface area (Å²) in [5.74, 6) is -0.425. The molecule has 0 bridgehead atoms. The number of carbonyl (C=O) groups is 2. The van der Waals surface area contributed by atoms with Gasteiger partial charge in [0.2, 0.25) is 5.91 Å². The molecule has 0 unspecified atom stereocenters. The van der Waals surface area contributed by atoms with Crippen LogP contribution in [0.25, 0.3) is 10.1 Å². The molecule has 0 aliphatic rings. The van der Waals surface area contributed by atoms with E-state index in [1.165, 1.54) is 11.3 Å². The van der Waals surface area contributed by atoms with Crippen LogP contribution in [0.4, 0.5) is 5.69 Å². The molecular weight excluding hydrogens is 286 g/mol. The zero-order valence-corrected chi connectivity index (χ0v) is 13.2. The normalized spacial score (nSPS) is 10.6. The van der Waals surface area contributed by atoms with Gasteiger partial charge in [0.05, 0.1) is 12.2 Å². The molecule has 0 saturated heterocycles. The van der Waals surface area contributed by atoms with Gasteiger partial charge in [0, 0.05) is 23.7 Å². The van der Waals surface area contributed by atoms with Gasteiger partial charge >= 0.3 is 0 Å². The molecular formula is C15H19N3O2S. The Morgan fingerprint density at radius 2 is 2.10 bits per heavy atom. The lowest BCUT2D eigenvalue weighted by atomic mass is 10.1. The van der Waals surface area contributed by atoms with Gasteiger partial charge in [-0.15, -0.1) is 11.3 Å². The molecule has 0 aliphatic carbocycles. The lowest BCUT2D eigenvalue weighted by Gasteiger charge is -2.14. The predicted molar refractivity (Wildman–Crippen MR) is 86.6 cm³/mol. The number of aryl methyl sites for hydroxylation is 1. The number of nitrogens with one attached hydrogen (secondary N) is 1. The first kappa shape index (κ1) is 15.3. The van der Waals surface area contributed by atoms with Gasteiger partial charge in [-0.25, -0.2) is 0 Å². The summed E-state index contributed by atoms with van der Waals surface area (Å²) in [5.41, 5.74) is 7.63. The van der Waals surface area contributed by atoms with E-state index in [9.17, 15) is 9.59 Å². The summed E-state index contributed by atoms with van der Waals surface area (Å²) in [6, 6.07) is 5.91. The third-order valence-electron chi connectivity index (χ3n) is 3.39. The quantitative estimate of drug-likeness (QED) is 0.907. The highest BCUT2D eigenvalue weighted by Crippen LogP contribution is 2.34. The Hall–Kier alpha value is -2.08. The molecule has 1 aromatic heterocycles. The van der Waals surface area contributed by atoms with E-state index in [4.69, 9.17) is 5.73 Å². The smallest absolute Gasteiger partial charge is 0.263 e. The van der Waals surface area contributed by atoms with E-state index < -0.39 is 0 Å². The number of rotatable bonds is 4. The Morgan fingerprint density at radius 3 is 2.76 bits per heavy atom. The Morgan fingerprint density at radius 1 is 1.38 bits per heavy atom. The van der Waals surface area contributed by atoms with Crippen molar-refractivity contribution in [2.24, 2.45) is 0 Å². The molecule has 2 aromatic rings. The van der Waals surface area contributed by atoms with Crippen LogP contribution in [0.15, 0.2) is 18.2 Å². The summed E-state index contributed by atoms with van der Waals surface area (Å²) in [6.07, 6.45) is 0. The van der Waals surface area contributed by atoms with Crippen molar-refractivity contribution in [1.82, 2.24) is 10.2 Å². The van der Waals surface area contributed by atoms with Crippen LogP contribution in [-0.4, -0.2) is 36.9 Å². The van der Waals surface area contributed by atoms with Crippen molar-refractivity contribution < 1.29 is 9.59 Å². The Labute approximate surface area is 127 Å². The lowest BCUT2D eigenvalue weighted by Crippen LogP contribution is -2.37. The summed E-state index contributed by atoms with van der Waals surface area (Å²) in [7, 11) is 1.70. The second kappa shape index (κ2) is 6.13. The van der Waals surface area contributed by atoms with E-state index >= 15 is 0 Å². The number of fused-ring (bicyclic) bond motifs is 1. The lowest BCUT2D eigenvalue weighted by molar-refractivity contribution is -0.128. The number of hydrogen-bond donors (Lipinski definition) is 2. The summed E-state index contributed by atoms with van der Waals surface area (Å²) in [5, 5.41) is 3.52. The molecule has 2 amide bonds.